The van der Waals surface area contributed by atoms with E-state index in [-0.39, 0.29) is 28.1 Å². The molecule has 0 spiro atoms. The molecule has 0 saturated heterocycles. The van der Waals surface area contributed by atoms with Gasteiger partial charge in [0.1, 0.15) is 22.1 Å². The fourth-order valence-electron chi connectivity index (χ4n) is 4.31. The third-order valence-electron chi connectivity index (χ3n) is 6.14. The quantitative estimate of drug-likeness (QED) is 0.563. The minimum Gasteiger partial charge on any atom is -0.507 e. The van der Waals surface area contributed by atoms with Crippen LogP contribution in [0.25, 0.3) is 0 Å². The monoisotopic (exact) mass is 459 g/mol. The van der Waals surface area contributed by atoms with Crippen LogP contribution in [0.15, 0.2) is 29.2 Å². The zero-order valence-electron chi connectivity index (χ0n) is 17.7. The Morgan fingerprint density at radius 1 is 1.12 bits per heavy atom. The number of nitrogens with one attached hydrogen (secondary N) is 1. The first kappa shape index (κ1) is 22.1. The van der Waals surface area contributed by atoms with Gasteiger partial charge in [-0.3, -0.25) is 4.79 Å². The minimum absolute atomic E-state index is 0.0103. The number of hydrogen-bond donors (Lipinski definition) is 3. The number of anilines is 1. The van der Waals surface area contributed by atoms with Gasteiger partial charge in [0.25, 0.3) is 0 Å². The van der Waals surface area contributed by atoms with Crippen LogP contribution in [0, 0.1) is 12.8 Å². The van der Waals surface area contributed by atoms with Crippen molar-refractivity contribution < 1.29 is 33.0 Å². The highest BCUT2D eigenvalue weighted by Gasteiger charge is 2.29. The number of aliphatic carboxylic acids is 1. The van der Waals surface area contributed by atoms with Crippen molar-refractivity contribution in [2.45, 2.75) is 50.3 Å². The van der Waals surface area contributed by atoms with Crippen molar-refractivity contribution in [3.8, 4) is 17.2 Å². The molecule has 32 heavy (non-hydrogen) atoms. The van der Waals surface area contributed by atoms with E-state index in [4.69, 9.17) is 9.84 Å². The lowest BCUT2D eigenvalue weighted by molar-refractivity contribution is -0.147. The topological polar surface area (TPSA) is 130 Å². The van der Waals surface area contributed by atoms with Gasteiger partial charge in [0.05, 0.1) is 5.75 Å². The second-order valence-electron chi connectivity index (χ2n) is 8.45. The maximum atomic E-state index is 12.8. The number of rotatable bonds is 6. The highest BCUT2D eigenvalue weighted by atomic mass is 32.2. The number of aryl methyl sites for hydroxylation is 1. The van der Waals surface area contributed by atoms with E-state index < -0.39 is 21.7 Å². The van der Waals surface area contributed by atoms with E-state index in [1.807, 2.05) is 0 Å². The maximum absolute atomic E-state index is 12.8. The lowest BCUT2D eigenvalue weighted by atomic mass is 9.87. The molecule has 2 aliphatic carbocycles. The predicted octanol–water partition coefficient (Wildman–Crippen LogP) is 3.58. The smallest absolute Gasteiger partial charge is 0.394 e. The Kier molecular flexibility index (Phi) is 5.85. The van der Waals surface area contributed by atoms with E-state index in [0.29, 0.717) is 29.8 Å². The van der Waals surface area contributed by atoms with Gasteiger partial charge in [-0.1, -0.05) is 6.42 Å². The van der Waals surface area contributed by atoms with E-state index in [2.05, 4.69) is 5.32 Å². The number of benzene rings is 2. The number of hydrogen-bond acceptors (Lipinski definition) is 6. The van der Waals surface area contributed by atoms with Crippen LogP contribution in [0.3, 0.4) is 0 Å². The molecule has 0 atom stereocenters. The molecule has 2 aliphatic rings. The number of carbonyl (C=O) groups excluding carboxylic acids is 1. The molecule has 9 heteroatoms. The Hall–Kier alpha value is -3.07. The summed E-state index contributed by atoms with van der Waals surface area (Å²) in [5, 5.41) is 21.5. The first-order valence-corrected chi connectivity index (χ1v) is 12.2. The molecule has 2 aromatic rings. The van der Waals surface area contributed by atoms with Gasteiger partial charge in [0.2, 0.25) is 0 Å². The van der Waals surface area contributed by atoms with Crippen molar-refractivity contribution in [2.24, 2.45) is 5.92 Å². The number of ether oxygens (including phenoxy) is 1. The second-order valence-corrected chi connectivity index (χ2v) is 10.5. The zero-order chi connectivity index (χ0) is 23.0. The largest absolute Gasteiger partial charge is 0.507 e. The van der Waals surface area contributed by atoms with Crippen LogP contribution in [0.4, 0.5) is 5.69 Å². The van der Waals surface area contributed by atoms with Crippen LogP contribution in [-0.4, -0.2) is 36.3 Å². The molecule has 0 radical (unpaired) electrons. The molecule has 0 unspecified atom stereocenters. The van der Waals surface area contributed by atoms with Crippen LogP contribution in [0.5, 0.6) is 17.2 Å². The SMILES string of the molecule is Cc1cc(NC(=O)C(=O)O)c2c(c1Oc1ccc(O)c(S(=O)(=O)CC3CCC3)c1)CCC2. The molecule has 1 amide bonds. The summed E-state index contributed by atoms with van der Waals surface area (Å²) < 4.78 is 31.7. The fourth-order valence-corrected chi connectivity index (χ4v) is 6.13. The van der Waals surface area contributed by atoms with Gasteiger partial charge >= 0.3 is 11.9 Å². The van der Waals surface area contributed by atoms with E-state index in [1.165, 1.54) is 18.2 Å². The number of sulfone groups is 1. The highest BCUT2D eigenvalue weighted by molar-refractivity contribution is 7.91. The normalized spacial score (nSPS) is 15.7. The van der Waals surface area contributed by atoms with Crippen molar-refractivity contribution in [1.29, 1.82) is 0 Å². The lowest BCUT2D eigenvalue weighted by Crippen LogP contribution is -2.22. The zero-order valence-corrected chi connectivity index (χ0v) is 18.5. The average molecular weight is 460 g/mol. The average Bonchev–Trinajstić information content (AvgIpc) is 3.19. The van der Waals surface area contributed by atoms with Gasteiger partial charge in [-0.05, 0) is 74.3 Å². The van der Waals surface area contributed by atoms with E-state index >= 15 is 0 Å². The molecular weight excluding hydrogens is 434 g/mol. The van der Waals surface area contributed by atoms with Crippen molar-refractivity contribution in [2.75, 3.05) is 11.1 Å². The Bertz CT molecular complexity index is 1200. The highest BCUT2D eigenvalue weighted by Crippen LogP contribution is 2.42. The Morgan fingerprint density at radius 2 is 1.84 bits per heavy atom. The summed E-state index contributed by atoms with van der Waals surface area (Å²) in [6.45, 7) is 1.78. The molecule has 3 N–H and O–H groups in total. The summed E-state index contributed by atoms with van der Waals surface area (Å²) in [6.07, 6.45) is 4.97. The molecule has 0 heterocycles. The number of amides is 1. The molecular formula is C23H25NO7S. The second kappa shape index (κ2) is 8.46. The Labute approximate surface area is 186 Å². The third-order valence-corrected chi connectivity index (χ3v) is 8.05. The third kappa shape index (κ3) is 4.29. The van der Waals surface area contributed by atoms with Crippen molar-refractivity contribution in [3.63, 3.8) is 0 Å². The fraction of sp³-hybridized carbons (Fsp3) is 0.391. The summed E-state index contributed by atoms with van der Waals surface area (Å²) in [5.74, 6) is -1.99. The van der Waals surface area contributed by atoms with Crippen LogP contribution in [0.2, 0.25) is 0 Å². The number of phenolic OH excluding ortho intramolecular Hbond substituents is 1. The first-order chi connectivity index (χ1) is 15.2. The number of fused-ring (bicyclic) bond motifs is 1. The van der Waals surface area contributed by atoms with Crippen molar-refractivity contribution >= 4 is 27.4 Å². The lowest BCUT2D eigenvalue weighted by Gasteiger charge is -2.25. The van der Waals surface area contributed by atoms with Gasteiger partial charge < -0.3 is 20.3 Å². The summed E-state index contributed by atoms with van der Waals surface area (Å²) in [4.78, 5) is 22.4. The van der Waals surface area contributed by atoms with Gasteiger partial charge in [0.15, 0.2) is 9.84 Å². The summed E-state index contributed by atoms with van der Waals surface area (Å²) in [6, 6.07) is 5.85. The van der Waals surface area contributed by atoms with E-state index in [0.717, 1.165) is 36.8 Å². The number of aromatic hydroxyl groups is 1. The van der Waals surface area contributed by atoms with Crippen LogP contribution < -0.4 is 10.1 Å². The molecule has 170 valence electrons. The first-order valence-electron chi connectivity index (χ1n) is 10.6. The Morgan fingerprint density at radius 3 is 2.50 bits per heavy atom. The number of carboxylic acids is 1. The van der Waals surface area contributed by atoms with E-state index in [9.17, 15) is 23.1 Å². The van der Waals surface area contributed by atoms with Gasteiger partial charge in [-0.15, -0.1) is 0 Å². The number of carboxylic acid groups (broad SMARTS) is 1. The number of carbonyl (C=O) groups is 2. The molecule has 4 rings (SSSR count). The van der Waals surface area contributed by atoms with Gasteiger partial charge in [0, 0.05) is 17.3 Å². The maximum Gasteiger partial charge on any atom is 0.394 e. The Balaban J connectivity index is 1.65. The van der Waals surface area contributed by atoms with Crippen LogP contribution >= 0.6 is 0 Å². The molecule has 2 aromatic carbocycles. The molecule has 0 bridgehead atoms. The van der Waals surface area contributed by atoms with Gasteiger partial charge in [-0.25, -0.2) is 13.2 Å². The van der Waals surface area contributed by atoms with E-state index in [1.54, 1.807) is 13.0 Å². The number of phenols is 1. The molecule has 1 fully saturated rings. The predicted molar refractivity (Wildman–Crippen MR) is 117 cm³/mol. The summed E-state index contributed by atoms with van der Waals surface area (Å²) in [5.41, 5.74) is 2.80. The summed E-state index contributed by atoms with van der Waals surface area (Å²) in [7, 11) is -3.65. The van der Waals surface area contributed by atoms with Crippen molar-refractivity contribution in [1.82, 2.24) is 0 Å². The minimum atomic E-state index is -3.65. The standard InChI is InChI=1S/C23H25NO7S/c1-13-10-18(24-22(26)23(27)28)16-6-3-7-17(16)21(13)31-15-8-9-19(25)20(11-15)32(29,30)12-14-4-2-5-14/h8-11,14,25H,2-7,12H2,1H3,(H,24,26)(H,27,28). The van der Waals surface area contributed by atoms with Crippen LogP contribution in [-0.2, 0) is 32.3 Å². The van der Waals surface area contributed by atoms with Crippen molar-refractivity contribution in [3.05, 3.63) is 41.0 Å². The molecule has 0 aliphatic heterocycles. The molecule has 1 saturated carbocycles. The van der Waals surface area contributed by atoms with Crippen LogP contribution in [0.1, 0.15) is 42.4 Å². The molecule has 0 aromatic heterocycles. The molecule has 8 nitrogen and oxygen atoms in total. The van der Waals surface area contributed by atoms with Gasteiger partial charge in [-0.2, -0.15) is 0 Å². The summed E-state index contributed by atoms with van der Waals surface area (Å²) >= 11 is 0.